The molecule has 1 aromatic rings. The van der Waals surface area contributed by atoms with Gasteiger partial charge in [-0.1, -0.05) is 5.57 Å². The molecular formula is C12H12N2O3. The normalized spacial score (nSPS) is 13.9. The fourth-order valence-electron chi connectivity index (χ4n) is 2.01. The summed E-state index contributed by atoms with van der Waals surface area (Å²) in [6.07, 6.45) is 0. The zero-order chi connectivity index (χ0) is 12.7. The summed E-state index contributed by atoms with van der Waals surface area (Å²) < 4.78 is 0. The van der Waals surface area contributed by atoms with E-state index in [1.165, 1.54) is 17.0 Å². The van der Waals surface area contributed by atoms with Gasteiger partial charge in [0, 0.05) is 30.3 Å². The predicted molar refractivity (Wildman–Crippen MR) is 64.8 cm³/mol. The Kier molecular flexibility index (Phi) is 2.46. The van der Waals surface area contributed by atoms with Crippen LogP contribution in [0, 0.1) is 10.1 Å². The van der Waals surface area contributed by atoms with Gasteiger partial charge in [-0.25, -0.2) is 0 Å². The second-order valence-electron chi connectivity index (χ2n) is 4.20. The molecular weight excluding hydrogens is 220 g/mol. The van der Waals surface area contributed by atoms with E-state index in [9.17, 15) is 14.9 Å². The molecule has 0 bridgehead atoms. The first-order valence-corrected chi connectivity index (χ1v) is 5.18. The van der Waals surface area contributed by atoms with Gasteiger partial charge < -0.3 is 4.90 Å². The minimum atomic E-state index is -0.453. The quantitative estimate of drug-likeness (QED) is 0.424. The zero-order valence-corrected chi connectivity index (χ0v) is 9.85. The molecule has 0 saturated carbocycles. The Morgan fingerprint density at radius 2 is 2.00 bits per heavy atom. The van der Waals surface area contributed by atoms with Crippen molar-refractivity contribution in [1.82, 2.24) is 0 Å². The molecule has 5 nitrogen and oxygen atoms in total. The van der Waals surface area contributed by atoms with Crippen LogP contribution in [0.15, 0.2) is 23.8 Å². The standard InChI is InChI=1S/C12H12N2O3/c1-7(2)11-9-6-8(14(16)17)4-5-10(9)13(3)12(11)15/h4-6H,1-3H3. The Bertz CT molecular complexity index is 557. The molecule has 0 N–H and O–H groups in total. The van der Waals surface area contributed by atoms with E-state index < -0.39 is 4.92 Å². The minimum absolute atomic E-state index is 0.00519. The molecule has 1 amide bonds. The van der Waals surface area contributed by atoms with E-state index in [2.05, 4.69) is 0 Å². The van der Waals surface area contributed by atoms with Crippen LogP contribution in [-0.4, -0.2) is 17.9 Å². The van der Waals surface area contributed by atoms with Crippen LogP contribution in [0.3, 0.4) is 0 Å². The number of allylic oxidation sites excluding steroid dienone is 1. The first-order valence-electron chi connectivity index (χ1n) is 5.18. The van der Waals surface area contributed by atoms with Gasteiger partial charge in [-0.05, 0) is 19.9 Å². The second kappa shape index (κ2) is 3.69. The third-order valence-electron chi connectivity index (χ3n) is 2.84. The van der Waals surface area contributed by atoms with Crippen LogP contribution in [0.2, 0.25) is 0 Å². The lowest BCUT2D eigenvalue weighted by molar-refractivity contribution is -0.384. The second-order valence-corrected chi connectivity index (χ2v) is 4.20. The van der Waals surface area contributed by atoms with Crippen molar-refractivity contribution >= 4 is 22.9 Å². The van der Waals surface area contributed by atoms with E-state index >= 15 is 0 Å². The monoisotopic (exact) mass is 232 g/mol. The number of nitro benzene ring substituents is 1. The molecule has 0 aliphatic carbocycles. The highest BCUT2D eigenvalue weighted by atomic mass is 16.6. The van der Waals surface area contributed by atoms with Crippen molar-refractivity contribution in [1.29, 1.82) is 0 Å². The molecule has 2 rings (SSSR count). The predicted octanol–water partition coefficient (Wildman–Crippen LogP) is 2.36. The lowest BCUT2D eigenvalue weighted by atomic mass is 10.0. The smallest absolute Gasteiger partial charge is 0.270 e. The van der Waals surface area contributed by atoms with Crippen LogP contribution >= 0.6 is 0 Å². The molecule has 17 heavy (non-hydrogen) atoms. The first-order chi connectivity index (χ1) is 7.93. The molecule has 0 fully saturated rings. The Labute approximate surface area is 98.5 Å². The fourth-order valence-corrected chi connectivity index (χ4v) is 2.01. The average Bonchev–Trinajstić information content (AvgIpc) is 2.51. The number of anilines is 1. The van der Waals surface area contributed by atoms with Crippen molar-refractivity contribution in [2.75, 3.05) is 11.9 Å². The van der Waals surface area contributed by atoms with E-state index in [4.69, 9.17) is 0 Å². The number of rotatable bonds is 1. The number of benzene rings is 1. The van der Waals surface area contributed by atoms with Crippen molar-refractivity contribution in [3.63, 3.8) is 0 Å². The SMILES string of the molecule is CC(C)=C1C(=O)N(C)c2ccc([N+](=O)[O-])cc21. The Morgan fingerprint density at radius 1 is 1.35 bits per heavy atom. The third-order valence-corrected chi connectivity index (χ3v) is 2.84. The van der Waals surface area contributed by atoms with Crippen molar-refractivity contribution in [3.8, 4) is 0 Å². The van der Waals surface area contributed by atoms with Gasteiger partial charge in [-0.3, -0.25) is 14.9 Å². The van der Waals surface area contributed by atoms with Crippen molar-refractivity contribution in [2.45, 2.75) is 13.8 Å². The number of amides is 1. The number of hydrogen-bond donors (Lipinski definition) is 0. The van der Waals surface area contributed by atoms with Crippen LogP contribution < -0.4 is 4.90 Å². The number of non-ortho nitro benzene ring substituents is 1. The summed E-state index contributed by atoms with van der Waals surface area (Å²) in [6, 6.07) is 4.48. The van der Waals surface area contributed by atoms with Crippen LogP contribution in [0.4, 0.5) is 11.4 Å². The number of carbonyl (C=O) groups is 1. The van der Waals surface area contributed by atoms with E-state index in [-0.39, 0.29) is 11.6 Å². The molecule has 0 spiro atoms. The molecule has 0 unspecified atom stereocenters. The highest BCUT2D eigenvalue weighted by Gasteiger charge is 2.31. The van der Waals surface area contributed by atoms with Crippen LogP contribution in [0.1, 0.15) is 19.4 Å². The van der Waals surface area contributed by atoms with Crippen molar-refractivity contribution < 1.29 is 9.72 Å². The highest BCUT2D eigenvalue weighted by Crippen LogP contribution is 2.39. The summed E-state index contributed by atoms with van der Waals surface area (Å²) in [5.74, 6) is -0.111. The fraction of sp³-hybridized carbons (Fsp3) is 0.250. The van der Waals surface area contributed by atoms with Gasteiger partial charge in [-0.15, -0.1) is 0 Å². The summed E-state index contributed by atoms with van der Waals surface area (Å²) in [5.41, 5.74) is 2.79. The van der Waals surface area contributed by atoms with Crippen molar-refractivity contribution in [3.05, 3.63) is 39.4 Å². The van der Waals surface area contributed by atoms with Gasteiger partial charge in [0.1, 0.15) is 0 Å². The van der Waals surface area contributed by atoms with E-state index in [1.807, 2.05) is 13.8 Å². The Balaban J connectivity index is 2.70. The van der Waals surface area contributed by atoms with E-state index in [0.29, 0.717) is 11.1 Å². The molecule has 0 aromatic heterocycles. The molecule has 1 aliphatic heterocycles. The first kappa shape index (κ1) is 11.3. The molecule has 0 radical (unpaired) electrons. The largest absolute Gasteiger partial charge is 0.311 e. The Hall–Kier alpha value is -2.17. The van der Waals surface area contributed by atoms with Gasteiger partial charge in [0.15, 0.2) is 0 Å². The van der Waals surface area contributed by atoms with Gasteiger partial charge in [0.05, 0.1) is 10.6 Å². The highest BCUT2D eigenvalue weighted by molar-refractivity contribution is 6.33. The number of carbonyl (C=O) groups excluding carboxylic acids is 1. The van der Waals surface area contributed by atoms with Crippen LogP contribution in [-0.2, 0) is 4.79 Å². The maximum Gasteiger partial charge on any atom is 0.270 e. The minimum Gasteiger partial charge on any atom is -0.311 e. The van der Waals surface area contributed by atoms with Crippen LogP contribution in [0.5, 0.6) is 0 Å². The molecule has 1 aromatic carbocycles. The molecule has 5 heteroatoms. The number of fused-ring (bicyclic) bond motifs is 1. The van der Waals surface area contributed by atoms with E-state index in [0.717, 1.165) is 11.3 Å². The Morgan fingerprint density at radius 3 is 2.53 bits per heavy atom. The molecule has 0 atom stereocenters. The number of likely N-dealkylation sites (N-methyl/N-ethyl adjacent to an activating group) is 1. The summed E-state index contributed by atoms with van der Waals surface area (Å²) in [7, 11) is 1.67. The van der Waals surface area contributed by atoms with Gasteiger partial charge in [0.2, 0.25) is 0 Å². The number of hydrogen-bond acceptors (Lipinski definition) is 3. The summed E-state index contributed by atoms with van der Waals surface area (Å²) >= 11 is 0. The molecule has 1 heterocycles. The van der Waals surface area contributed by atoms with Gasteiger partial charge in [0.25, 0.3) is 11.6 Å². The van der Waals surface area contributed by atoms with Gasteiger partial charge in [-0.2, -0.15) is 0 Å². The summed E-state index contributed by atoms with van der Waals surface area (Å²) in [4.78, 5) is 23.8. The van der Waals surface area contributed by atoms with E-state index in [1.54, 1.807) is 13.1 Å². The lowest BCUT2D eigenvalue weighted by Crippen LogP contribution is -2.20. The number of nitro groups is 1. The average molecular weight is 232 g/mol. The molecule has 88 valence electrons. The van der Waals surface area contributed by atoms with Gasteiger partial charge >= 0.3 is 0 Å². The number of nitrogens with zero attached hydrogens (tertiary/aromatic N) is 2. The molecule has 1 aliphatic rings. The lowest BCUT2D eigenvalue weighted by Gasteiger charge is -2.08. The summed E-state index contributed by atoms with van der Waals surface area (Å²) in [5, 5.41) is 10.7. The third kappa shape index (κ3) is 1.60. The topological polar surface area (TPSA) is 63.5 Å². The molecule has 0 saturated heterocycles. The maximum absolute atomic E-state index is 12.0. The van der Waals surface area contributed by atoms with Crippen molar-refractivity contribution in [2.24, 2.45) is 0 Å². The zero-order valence-electron chi connectivity index (χ0n) is 9.85. The van der Waals surface area contributed by atoms with Crippen LogP contribution in [0.25, 0.3) is 5.57 Å². The summed E-state index contributed by atoms with van der Waals surface area (Å²) in [6.45, 7) is 3.66. The maximum atomic E-state index is 12.0.